The number of aliphatic hydroxyl groups is 1. The first-order chi connectivity index (χ1) is 7.35. The Balaban J connectivity index is 2.93. The zero-order valence-corrected chi connectivity index (χ0v) is 10.1. The van der Waals surface area contributed by atoms with Crippen molar-refractivity contribution in [3.05, 3.63) is 6.07 Å². The van der Waals surface area contributed by atoms with E-state index in [1.165, 1.54) is 0 Å². The van der Waals surface area contributed by atoms with Gasteiger partial charge in [-0.3, -0.25) is 0 Å². The van der Waals surface area contributed by atoms with Gasteiger partial charge in [-0.15, -0.1) is 0 Å². The van der Waals surface area contributed by atoms with E-state index in [1.807, 2.05) is 13.8 Å². The Kier molecular flexibility index (Phi) is 3.54. The van der Waals surface area contributed by atoms with Crippen molar-refractivity contribution in [2.24, 2.45) is 0 Å². The van der Waals surface area contributed by atoms with Gasteiger partial charge in [0.15, 0.2) is 0 Å². The maximum Gasteiger partial charge on any atom is 0.223 e. The summed E-state index contributed by atoms with van der Waals surface area (Å²) in [7, 11) is 1.76. The molecule has 6 heteroatoms. The van der Waals surface area contributed by atoms with Crippen LogP contribution in [0.1, 0.15) is 20.8 Å². The molecule has 1 atom stereocenters. The first kappa shape index (κ1) is 12.5. The van der Waals surface area contributed by atoms with Gasteiger partial charge >= 0.3 is 0 Å². The molecule has 0 aliphatic heterocycles. The third-order valence-electron chi connectivity index (χ3n) is 2.49. The van der Waals surface area contributed by atoms with Gasteiger partial charge in [-0.1, -0.05) is 0 Å². The van der Waals surface area contributed by atoms with Crippen LogP contribution in [-0.2, 0) is 0 Å². The molecular weight excluding hydrogens is 206 g/mol. The van der Waals surface area contributed by atoms with Gasteiger partial charge in [0.25, 0.3) is 0 Å². The Morgan fingerprint density at radius 1 is 1.38 bits per heavy atom. The van der Waals surface area contributed by atoms with Crippen LogP contribution in [-0.4, -0.2) is 33.8 Å². The topological polar surface area (TPSA) is 96.1 Å². The predicted molar refractivity (Wildman–Crippen MR) is 65.4 cm³/mol. The van der Waals surface area contributed by atoms with Gasteiger partial charge in [0.05, 0.1) is 11.6 Å². The number of nitrogen functional groups attached to an aromatic ring is 1. The van der Waals surface area contributed by atoms with Crippen LogP contribution in [0.3, 0.4) is 0 Å². The number of rotatable bonds is 4. The Bertz CT molecular complexity index is 364. The number of hydrogen-bond acceptors (Lipinski definition) is 6. The largest absolute Gasteiger partial charge is 0.391 e. The highest BCUT2D eigenvalue weighted by Gasteiger charge is 2.24. The lowest BCUT2D eigenvalue weighted by molar-refractivity contribution is 0.133. The molecule has 0 saturated heterocycles. The Hall–Kier alpha value is -1.56. The van der Waals surface area contributed by atoms with Gasteiger partial charge in [0.2, 0.25) is 5.95 Å². The molecule has 1 aromatic rings. The average molecular weight is 225 g/mol. The number of anilines is 3. The van der Waals surface area contributed by atoms with E-state index >= 15 is 0 Å². The summed E-state index contributed by atoms with van der Waals surface area (Å²) in [6.45, 7) is 5.49. The number of nitrogens with one attached hydrogen (secondary N) is 2. The summed E-state index contributed by atoms with van der Waals surface area (Å²) in [5.41, 5.74) is 5.08. The van der Waals surface area contributed by atoms with E-state index in [1.54, 1.807) is 20.0 Å². The summed E-state index contributed by atoms with van der Waals surface area (Å²) in [5.74, 6) is 1.41. The van der Waals surface area contributed by atoms with Crippen molar-refractivity contribution in [2.75, 3.05) is 23.4 Å². The maximum absolute atomic E-state index is 9.58. The monoisotopic (exact) mass is 225 g/mol. The lowest BCUT2D eigenvalue weighted by Gasteiger charge is -2.30. The van der Waals surface area contributed by atoms with Gasteiger partial charge < -0.3 is 21.5 Å². The fraction of sp³-hybridized carbons (Fsp3) is 0.600. The molecule has 1 aromatic heterocycles. The Morgan fingerprint density at radius 2 is 1.94 bits per heavy atom. The highest BCUT2D eigenvalue weighted by Crippen LogP contribution is 2.19. The predicted octanol–water partition coefficient (Wildman–Crippen LogP) is 0.672. The van der Waals surface area contributed by atoms with Crippen LogP contribution in [0.2, 0.25) is 0 Å². The Morgan fingerprint density at radius 3 is 2.44 bits per heavy atom. The maximum atomic E-state index is 9.58. The second kappa shape index (κ2) is 4.52. The second-order valence-corrected chi connectivity index (χ2v) is 4.27. The molecule has 0 radical (unpaired) electrons. The summed E-state index contributed by atoms with van der Waals surface area (Å²) in [4.78, 5) is 8.03. The molecule has 0 amide bonds. The van der Waals surface area contributed by atoms with Crippen molar-refractivity contribution in [3.63, 3.8) is 0 Å². The second-order valence-electron chi connectivity index (χ2n) is 4.27. The van der Waals surface area contributed by atoms with Gasteiger partial charge in [0, 0.05) is 13.1 Å². The lowest BCUT2D eigenvalue weighted by Crippen LogP contribution is -2.42. The van der Waals surface area contributed by atoms with E-state index in [9.17, 15) is 5.11 Å². The standard InChI is InChI=1S/C10H19N5O/c1-6(16)10(2,3)15-8-5-7(12-4)13-9(11)14-8/h5-6,16H,1-4H3,(H4,11,12,13,14,15). The molecule has 0 fully saturated rings. The molecule has 0 aliphatic rings. The number of nitrogens with zero attached hydrogens (tertiary/aromatic N) is 2. The minimum atomic E-state index is -0.512. The molecule has 1 unspecified atom stereocenters. The van der Waals surface area contributed by atoms with Crippen LogP contribution in [0.15, 0.2) is 6.07 Å². The smallest absolute Gasteiger partial charge is 0.223 e. The van der Waals surface area contributed by atoms with E-state index in [0.29, 0.717) is 11.6 Å². The van der Waals surface area contributed by atoms with Crippen LogP contribution in [0.25, 0.3) is 0 Å². The van der Waals surface area contributed by atoms with E-state index in [4.69, 9.17) is 5.73 Å². The highest BCUT2D eigenvalue weighted by atomic mass is 16.3. The minimum absolute atomic E-state index is 0.191. The van der Waals surface area contributed by atoms with E-state index in [-0.39, 0.29) is 5.95 Å². The molecule has 90 valence electrons. The molecule has 0 aliphatic carbocycles. The first-order valence-electron chi connectivity index (χ1n) is 5.13. The number of hydrogen-bond donors (Lipinski definition) is 4. The molecule has 0 spiro atoms. The van der Waals surface area contributed by atoms with Crippen LogP contribution in [0.5, 0.6) is 0 Å². The van der Waals surface area contributed by atoms with Crippen molar-refractivity contribution in [2.45, 2.75) is 32.4 Å². The van der Waals surface area contributed by atoms with E-state index in [0.717, 1.165) is 0 Å². The molecule has 0 bridgehead atoms. The lowest BCUT2D eigenvalue weighted by atomic mass is 9.99. The minimum Gasteiger partial charge on any atom is -0.391 e. The Labute approximate surface area is 95.3 Å². The summed E-state index contributed by atoms with van der Waals surface area (Å²) >= 11 is 0. The first-order valence-corrected chi connectivity index (χ1v) is 5.13. The third-order valence-corrected chi connectivity index (χ3v) is 2.49. The van der Waals surface area contributed by atoms with Crippen molar-refractivity contribution < 1.29 is 5.11 Å². The highest BCUT2D eigenvalue weighted by molar-refractivity contribution is 5.51. The number of aliphatic hydroxyl groups excluding tert-OH is 1. The van der Waals surface area contributed by atoms with Crippen LogP contribution >= 0.6 is 0 Å². The summed E-state index contributed by atoms with van der Waals surface area (Å²) in [5, 5.41) is 15.6. The van der Waals surface area contributed by atoms with Crippen LogP contribution < -0.4 is 16.4 Å². The molecular formula is C10H19N5O. The van der Waals surface area contributed by atoms with Crippen molar-refractivity contribution in [1.29, 1.82) is 0 Å². The molecule has 1 heterocycles. The van der Waals surface area contributed by atoms with Crippen molar-refractivity contribution >= 4 is 17.6 Å². The molecule has 6 nitrogen and oxygen atoms in total. The van der Waals surface area contributed by atoms with E-state index < -0.39 is 11.6 Å². The summed E-state index contributed by atoms with van der Waals surface area (Å²) < 4.78 is 0. The molecule has 0 aromatic carbocycles. The fourth-order valence-corrected chi connectivity index (χ4v) is 1.09. The van der Waals surface area contributed by atoms with Crippen molar-refractivity contribution in [3.8, 4) is 0 Å². The molecule has 1 rings (SSSR count). The number of aromatic nitrogens is 2. The normalized spacial score (nSPS) is 13.3. The zero-order valence-electron chi connectivity index (χ0n) is 10.1. The van der Waals surface area contributed by atoms with Gasteiger partial charge in [-0.05, 0) is 20.8 Å². The number of nitrogens with two attached hydrogens (primary N) is 1. The SMILES string of the molecule is CNc1cc(NC(C)(C)C(C)O)nc(N)n1. The summed E-state index contributed by atoms with van der Waals surface area (Å²) in [6, 6.07) is 1.74. The van der Waals surface area contributed by atoms with Gasteiger partial charge in [-0.2, -0.15) is 9.97 Å². The molecule has 0 saturated carbocycles. The van der Waals surface area contributed by atoms with Gasteiger partial charge in [-0.25, -0.2) is 0 Å². The van der Waals surface area contributed by atoms with Crippen LogP contribution in [0, 0.1) is 0 Å². The molecule has 16 heavy (non-hydrogen) atoms. The van der Waals surface area contributed by atoms with Crippen molar-refractivity contribution in [1.82, 2.24) is 9.97 Å². The molecule has 5 N–H and O–H groups in total. The summed E-state index contributed by atoms with van der Waals surface area (Å²) in [6.07, 6.45) is -0.512. The fourth-order valence-electron chi connectivity index (χ4n) is 1.09. The average Bonchev–Trinajstić information content (AvgIpc) is 2.15. The third kappa shape index (κ3) is 2.96. The van der Waals surface area contributed by atoms with E-state index in [2.05, 4.69) is 20.6 Å². The quantitative estimate of drug-likeness (QED) is 0.601. The zero-order chi connectivity index (χ0) is 12.3. The van der Waals surface area contributed by atoms with Crippen LogP contribution in [0.4, 0.5) is 17.6 Å². The van der Waals surface area contributed by atoms with Gasteiger partial charge in [0.1, 0.15) is 11.6 Å².